The highest BCUT2D eigenvalue weighted by Crippen LogP contribution is 2.34. The largest absolute Gasteiger partial charge is 0.488 e. The number of benzene rings is 2. The van der Waals surface area contributed by atoms with E-state index in [-0.39, 0.29) is 17.6 Å². The number of esters is 1. The number of imide groups is 1. The molecule has 2 aromatic rings. The molecule has 0 unspecified atom stereocenters. The van der Waals surface area contributed by atoms with Gasteiger partial charge in [-0.15, -0.1) is 0 Å². The first-order valence-corrected chi connectivity index (χ1v) is 10.9. The second kappa shape index (κ2) is 10.2. The number of carbonyl (C=O) groups excluding carboxylic acids is 3. The lowest BCUT2D eigenvalue weighted by atomic mass is 10.1. The van der Waals surface area contributed by atoms with Gasteiger partial charge in [0, 0.05) is 21.2 Å². The SMILES string of the molecule is CC(C)OC(=O)CN1C(=O)S/C(=C\c2ccccc2OCc2ccc(Cl)cc2Cl)C1=O. The van der Waals surface area contributed by atoms with Gasteiger partial charge in [-0.1, -0.05) is 47.5 Å². The van der Waals surface area contributed by atoms with Gasteiger partial charge in [-0.2, -0.15) is 0 Å². The number of rotatable bonds is 7. The molecule has 0 N–H and O–H groups in total. The van der Waals surface area contributed by atoms with Crippen LogP contribution < -0.4 is 4.74 Å². The highest BCUT2D eigenvalue weighted by molar-refractivity contribution is 8.18. The normalized spacial score (nSPS) is 15.1. The van der Waals surface area contributed by atoms with Crippen molar-refractivity contribution in [3.63, 3.8) is 0 Å². The van der Waals surface area contributed by atoms with Gasteiger partial charge in [0.2, 0.25) is 0 Å². The lowest BCUT2D eigenvalue weighted by Crippen LogP contribution is -2.35. The number of hydrogen-bond donors (Lipinski definition) is 0. The van der Waals surface area contributed by atoms with Crippen LogP contribution in [0, 0.1) is 0 Å². The molecule has 31 heavy (non-hydrogen) atoms. The van der Waals surface area contributed by atoms with Gasteiger partial charge in [-0.3, -0.25) is 19.3 Å². The highest BCUT2D eigenvalue weighted by atomic mass is 35.5. The van der Waals surface area contributed by atoms with Gasteiger partial charge < -0.3 is 9.47 Å². The van der Waals surface area contributed by atoms with E-state index in [2.05, 4.69) is 0 Å². The minimum Gasteiger partial charge on any atom is -0.488 e. The first-order valence-electron chi connectivity index (χ1n) is 9.35. The molecular weight excluding hydrogens is 461 g/mol. The van der Waals surface area contributed by atoms with Crippen molar-refractivity contribution in [2.24, 2.45) is 0 Å². The Labute approximate surface area is 194 Å². The molecular formula is C22H19Cl2NO5S. The second-order valence-electron chi connectivity index (χ2n) is 6.87. The van der Waals surface area contributed by atoms with Crippen LogP contribution in [0.25, 0.3) is 6.08 Å². The lowest BCUT2D eigenvalue weighted by Gasteiger charge is -2.13. The number of thioether (sulfide) groups is 1. The van der Waals surface area contributed by atoms with E-state index in [0.717, 1.165) is 22.2 Å². The van der Waals surface area contributed by atoms with Crippen molar-refractivity contribution >= 4 is 58.2 Å². The summed E-state index contributed by atoms with van der Waals surface area (Å²) >= 11 is 12.9. The molecule has 0 atom stereocenters. The van der Waals surface area contributed by atoms with Crippen LogP contribution in [0.2, 0.25) is 10.0 Å². The lowest BCUT2D eigenvalue weighted by molar-refractivity contribution is -0.149. The van der Waals surface area contributed by atoms with E-state index in [1.165, 1.54) is 0 Å². The highest BCUT2D eigenvalue weighted by Gasteiger charge is 2.37. The number of amides is 2. The maximum atomic E-state index is 12.6. The molecule has 2 aromatic carbocycles. The standard InChI is InChI=1S/C22H19Cl2NO5S/c1-13(2)30-20(26)11-25-21(27)19(31-22(25)28)9-14-5-3-4-6-18(14)29-12-15-7-8-16(23)10-17(15)24/h3-10,13H,11-12H2,1-2H3/b19-9-. The van der Waals surface area contributed by atoms with Crippen molar-refractivity contribution in [3.05, 3.63) is 68.5 Å². The fourth-order valence-electron chi connectivity index (χ4n) is 2.73. The minimum atomic E-state index is -0.637. The van der Waals surface area contributed by atoms with Gasteiger partial charge >= 0.3 is 5.97 Å². The van der Waals surface area contributed by atoms with E-state index >= 15 is 0 Å². The molecule has 6 nitrogen and oxygen atoms in total. The second-order valence-corrected chi connectivity index (χ2v) is 8.71. The average Bonchev–Trinajstić information content (AvgIpc) is 2.95. The number of hydrogen-bond acceptors (Lipinski definition) is 6. The van der Waals surface area contributed by atoms with Crippen LogP contribution in [-0.4, -0.2) is 34.7 Å². The third-order valence-corrected chi connectivity index (χ3v) is 5.63. The van der Waals surface area contributed by atoms with E-state index < -0.39 is 23.7 Å². The summed E-state index contributed by atoms with van der Waals surface area (Å²) in [7, 11) is 0. The molecule has 1 heterocycles. The van der Waals surface area contributed by atoms with E-state index in [1.54, 1.807) is 62.4 Å². The summed E-state index contributed by atoms with van der Waals surface area (Å²) in [6, 6.07) is 12.2. The monoisotopic (exact) mass is 479 g/mol. The van der Waals surface area contributed by atoms with Crippen molar-refractivity contribution in [1.29, 1.82) is 0 Å². The first kappa shape index (κ1) is 23.2. The van der Waals surface area contributed by atoms with Crippen molar-refractivity contribution in [1.82, 2.24) is 4.90 Å². The van der Waals surface area contributed by atoms with Crippen molar-refractivity contribution < 1.29 is 23.9 Å². The van der Waals surface area contributed by atoms with Gasteiger partial charge in [0.1, 0.15) is 18.9 Å². The zero-order chi connectivity index (χ0) is 22.5. The van der Waals surface area contributed by atoms with Crippen LogP contribution in [0.15, 0.2) is 47.4 Å². The molecule has 1 saturated heterocycles. The molecule has 9 heteroatoms. The minimum absolute atomic E-state index is 0.197. The Morgan fingerprint density at radius 1 is 1.16 bits per heavy atom. The summed E-state index contributed by atoms with van der Waals surface area (Å²) in [6.07, 6.45) is 1.23. The molecule has 1 fully saturated rings. The zero-order valence-corrected chi connectivity index (χ0v) is 19.1. The summed E-state index contributed by atoms with van der Waals surface area (Å²) < 4.78 is 10.9. The first-order chi connectivity index (χ1) is 14.7. The molecule has 162 valence electrons. The Morgan fingerprint density at radius 2 is 1.90 bits per heavy atom. The van der Waals surface area contributed by atoms with E-state index in [1.807, 2.05) is 0 Å². The molecule has 0 saturated carbocycles. The third kappa shape index (κ3) is 6.03. The number of carbonyl (C=O) groups is 3. The molecule has 1 aliphatic rings. The van der Waals surface area contributed by atoms with Crippen LogP contribution in [0.5, 0.6) is 5.75 Å². The van der Waals surface area contributed by atoms with Gasteiger partial charge in [-0.05, 0) is 49.9 Å². The molecule has 0 radical (unpaired) electrons. The van der Waals surface area contributed by atoms with Crippen molar-refractivity contribution in [2.45, 2.75) is 26.6 Å². The molecule has 0 aromatic heterocycles. The summed E-state index contributed by atoms with van der Waals surface area (Å²) in [5, 5.41) is 0.491. The molecule has 3 rings (SSSR count). The van der Waals surface area contributed by atoms with Gasteiger partial charge in [0.25, 0.3) is 11.1 Å². The summed E-state index contributed by atoms with van der Waals surface area (Å²) in [4.78, 5) is 37.8. The van der Waals surface area contributed by atoms with Gasteiger partial charge in [0.15, 0.2) is 0 Å². The average molecular weight is 480 g/mol. The van der Waals surface area contributed by atoms with Crippen molar-refractivity contribution in [2.75, 3.05) is 6.54 Å². The van der Waals surface area contributed by atoms with E-state index in [4.69, 9.17) is 32.7 Å². The number of ether oxygens (including phenoxy) is 2. The fourth-order valence-corrected chi connectivity index (χ4v) is 4.02. The maximum Gasteiger partial charge on any atom is 0.326 e. The van der Waals surface area contributed by atoms with Crippen molar-refractivity contribution in [3.8, 4) is 5.75 Å². The third-order valence-electron chi connectivity index (χ3n) is 4.13. The molecule has 0 spiro atoms. The predicted molar refractivity (Wildman–Crippen MR) is 121 cm³/mol. The number of halogens is 2. The quantitative estimate of drug-likeness (QED) is 0.382. The summed E-state index contributed by atoms with van der Waals surface area (Å²) in [5.41, 5.74) is 1.37. The Morgan fingerprint density at radius 3 is 2.61 bits per heavy atom. The molecule has 0 aliphatic carbocycles. The predicted octanol–water partition coefficient (Wildman–Crippen LogP) is 5.56. The smallest absolute Gasteiger partial charge is 0.326 e. The number of nitrogens with zero attached hydrogens (tertiary/aromatic N) is 1. The fraction of sp³-hybridized carbons (Fsp3) is 0.227. The van der Waals surface area contributed by atoms with Gasteiger partial charge in [-0.25, -0.2) is 0 Å². The Kier molecular flexibility index (Phi) is 7.64. The van der Waals surface area contributed by atoms with E-state index in [9.17, 15) is 14.4 Å². The van der Waals surface area contributed by atoms with Crippen LogP contribution in [0.4, 0.5) is 4.79 Å². The van der Waals surface area contributed by atoms with Gasteiger partial charge in [0.05, 0.1) is 11.0 Å². The van der Waals surface area contributed by atoms with Crippen LogP contribution in [-0.2, 0) is 20.9 Å². The Bertz CT molecular complexity index is 1050. The van der Waals surface area contributed by atoms with E-state index in [0.29, 0.717) is 21.4 Å². The zero-order valence-electron chi connectivity index (χ0n) is 16.8. The molecule has 2 amide bonds. The molecule has 0 bridgehead atoms. The summed E-state index contributed by atoms with van der Waals surface area (Å²) in [6.45, 7) is 3.16. The van der Waals surface area contributed by atoms with Crippen LogP contribution >= 0.6 is 35.0 Å². The van der Waals surface area contributed by atoms with Crippen LogP contribution in [0.1, 0.15) is 25.0 Å². The topological polar surface area (TPSA) is 72.9 Å². The van der Waals surface area contributed by atoms with Crippen LogP contribution in [0.3, 0.4) is 0 Å². The Balaban J connectivity index is 1.75. The number of para-hydroxylation sites is 1. The molecule has 1 aliphatic heterocycles. The maximum absolute atomic E-state index is 12.6. The summed E-state index contributed by atoms with van der Waals surface area (Å²) in [5.74, 6) is -0.673. The Hall–Kier alpha value is -2.48.